The highest BCUT2D eigenvalue weighted by atomic mass is 35.5. The molecule has 1 aromatic rings. The summed E-state index contributed by atoms with van der Waals surface area (Å²) in [5, 5.41) is 3.25. The van der Waals surface area contributed by atoms with E-state index in [4.69, 9.17) is 11.6 Å². The second kappa shape index (κ2) is 4.53. The molecule has 1 N–H and O–H groups in total. The second-order valence-electron chi connectivity index (χ2n) is 5.24. The van der Waals surface area contributed by atoms with E-state index in [1.807, 2.05) is 0 Å². The molecule has 2 fully saturated rings. The first-order valence-corrected chi connectivity index (χ1v) is 6.89. The largest absolute Gasteiger partial charge is 0.336 e. The van der Waals surface area contributed by atoms with Crippen molar-refractivity contribution >= 4 is 29.2 Å². The lowest BCUT2D eigenvalue weighted by atomic mass is 9.83. The molecule has 0 atom stereocenters. The van der Waals surface area contributed by atoms with Gasteiger partial charge in [-0.2, -0.15) is 0 Å². The Morgan fingerprint density at radius 3 is 2.53 bits per heavy atom. The van der Waals surface area contributed by atoms with E-state index in [0.717, 1.165) is 25.7 Å². The summed E-state index contributed by atoms with van der Waals surface area (Å²) >= 11 is 6.11. The van der Waals surface area contributed by atoms with Crippen LogP contribution in [0.5, 0.6) is 0 Å². The Kier molecular flexibility index (Phi) is 2.97. The van der Waals surface area contributed by atoms with Crippen LogP contribution in [0.3, 0.4) is 0 Å². The molecule has 1 heterocycles. The van der Waals surface area contributed by atoms with Gasteiger partial charge in [-0.15, -0.1) is 0 Å². The number of nitrogens with one attached hydrogen (secondary N) is 1. The number of nitrogens with zero attached hydrogens (tertiary/aromatic N) is 1. The third kappa shape index (κ3) is 1.91. The van der Waals surface area contributed by atoms with Gasteiger partial charge in [-0.05, 0) is 25.0 Å². The summed E-state index contributed by atoms with van der Waals surface area (Å²) in [6.07, 6.45) is 3.76. The molecule has 0 aromatic heterocycles. The molecule has 0 unspecified atom stereocenters. The van der Waals surface area contributed by atoms with Gasteiger partial charge in [0.2, 0.25) is 5.91 Å². The predicted molar refractivity (Wildman–Crippen MR) is 73.2 cm³/mol. The number of amides is 3. The highest BCUT2D eigenvalue weighted by Gasteiger charge is 2.49. The Morgan fingerprint density at radius 2 is 1.84 bits per heavy atom. The maximum atomic E-state index is 12.7. The van der Waals surface area contributed by atoms with Gasteiger partial charge in [0.1, 0.15) is 0 Å². The lowest BCUT2D eigenvalue weighted by Gasteiger charge is -2.38. The highest BCUT2D eigenvalue weighted by molar-refractivity contribution is 6.35. The topological polar surface area (TPSA) is 49.4 Å². The van der Waals surface area contributed by atoms with Crippen molar-refractivity contribution in [1.29, 1.82) is 0 Å². The standard InChI is InChI=1S/C14H15ClN2O2/c15-10-5-1-2-6-11(10)17-12(18)14(7-3-4-8-14)9-16-13(17)19/h1-2,5-6H,3-4,7-9H2,(H,16,19). The summed E-state index contributed by atoms with van der Waals surface area (Å²) in [5.41, 5.74) is 0.0465. The zero-order valence-corrected chi connectivity index (χ0v) is 11.2. The summed E-state index contributed by atoms with van der Waals surface area (Å²) in [7, 11) is 0. The van der Waals surface area contributed by atoms with Crippen LogP contribution in [0.1, 0.15) is 25.7 Å². The van der Waals surface area contributed by atoms with E-state index >= 15 is 0 Å². The van der Waals surface area contributed by atoms with Gasteiger partial charge in [-0.25, -0.2) is 9.69 Å². The molecule has 0 bridgehead atoms. The third-order valence-electron chi connectivity index (χ3n) is 4.09. The Labute approximate surface area is 116 Å². The zero-order chi connectivity index (χ0) is 13.5. The molecule has 1 aliphatic carbocycles. The van der Waals surface area contributed by atoms with Gasteiger partial charge in [-0.3, -0.25) is 4.79 Å². The Balaban J connectivity index is 2.01. The Bertz CT molecular complexity index is 538. The van der Waals surface area contributed by atoms with Crippen molar-refractivity contribution in [3.05, 3.63) is 29.3 Å². The van der Waals surface area contributed by atoms with Crippen LogP contribution in [0.2, 0.25) is 5.02 Å². The Morgan fingerprint density at radius 1 is 1.16 bits per heavy atom. The summed E-state index contributed by atoms with van der Waals surface area (Å²) in [6.45, 7) is 0.450. The number of carbonyl (C=O) groups excluding carboxylic acids is 2. The number of hydrogen-bond acceptors (Lipinski definition) is 2. The van der Waals surface area contributed by atoms with E-state index in [-0.39, 0.29) is 11.9 Å². The fourth-order valence-corrected chi connectivity index (χ4v) is 3.24. The molecule has 1 aliphatic heterocycles. The van der Waals surface area contributed by atoms with Crippen molar-refractivity contribution in [2.45, 2.75) is 25.7 Å². The lowest BCUT2D eigenvalue weighted by Crippen LogP contribution is -2.60. The van der Waals surface area contributed by atoms with Crippen LogP contribution in [-0.2, 0) is 4.79 Å². The van der Waals surface area contributed by atoms with E-state index in [1.54, 1.807) is 24.3 Å². The van der Waals surface area contributed by atoms with Gasteiger partial charge in [-0.1, -0.05) is 36.6 Å². The number of urea groups is 1. The van der Waals surface area contributed by atoms with Crippen LogP contribution in [0.25, 0.3) is 0 Å². The molecular formula is C14H15ClN2O2. The van der Waals surface area contributed by atoms with E-state index in [9.17, 15) is 9.59 Å². The number of halogens is 1. The number of hydrogen-bond donors (Lipinski definition) is 1. The number of benzene rings is 1. The van der Waals surface area contributed by atoms with Crippen LogP contribution in [0, 0.1) is 5.41 Å². The third-order valence-corrected chi connectivity index (χ3v) is 4.41. The second-order valence-corrected chi connectivity index (χ2v) is 5.65. The molecule has 5 heteroatoms. The smallest absolute Gasteiger partial charge is 0.328 e. The fourth-order valence-electron chi connectivity index (χ4n) is 3.02. The maximum absolute atomic E-state index is 12.7. The lowest BCUT2D eigenvalue weighted by molar-refractivity contribution is -0.127. The minimum absolute atomic E-state index is 0.109. The average Bonchev–Trinajstić information content (AvgIpc) is 2.87. The quantitative estimate of drug-likeness (QED) is 0.859. The molecule has 3 amide bonds. The summed E-state index contributed by atoms with van der Waals surface area (Å²) in [5.74, 6) is -0.109. The van der Waals surface area contributed by atoms with Crippen molar-refractivity contribution in [2.24, 2.45) is 5.41 Å². The van der Waals surface area contributed by atoms with Gasteiger partial charge in [0, 0.05) is 6.54 Å². The molecule has 100 valence electrons. The summed E-state index contributed by atoms with van der Waals surface area (Å²) in [6, 6.07) is 6.57. The van der Waals surface area contributed by atoms with Crippen LogP contribution >= 0.6 is 11.6 Å². The normalized spacial score (nSPS) is 21.8. The monoisotopic (exact) mass is 278 g/mol. The number of carbonyl (C=O) groups is 2. The molecular weight excluding hydrogens is 264 g/mol. The van der Waals surface area contributed by atoms with Crippen LogP contribution in [0.15, 0.2) is 24.3 Å². The van der Waals surface area contributed by atoms with E-state index in [1.165, 1.54) is 4.90 Å². The van der Waals surface area contributed by atoms with Crippen LogP contribution < -0.4 is 10.2 Å². The van der Waals surface area contributed by atoms with Gasteiger partial charge in [0.05, 0.1) is 16.1 Å². The minimum atomic E-state index is -0.424. The van der Waals surface area contributed by atoms with Crippen LogP contribution in [0.4, 0.5) is 10.5 Å². The molecule has 4 nitrogen and oxygen atoms in total. The van der Waals surface area contributed by atoms with E-state index in [2.05, 4.69) is 5.32 Å². The highest BCUT2D eigenvalue weighted by Crippen LogP contribution is 2.42. The van der Waals surface area contributed by atoms with Crippen molar-refractivity contribution in [3.63, 3.8) is 0 Å². The van der Waals surface area contributed by atoms with E-state index < -0.39 is 5.41 Å². The van der Waals surface area contributed by atoms with Crippen molar-refractivity contribution in [3.8, 4) is 0 Å². The van der Waals surface area contributed by atoms with Gasteiger partial charge in [0.15, 0.2) is 0 Å². The molecule has 19 heavy (non-hydrogen) atoms. The number of anilines is 1. The molecule has 3 rings (SSSR count). The number of para-hydroxylation sites is 1. The number of imide groups is 1. The van der Waals surface area contributed by atoms with Crippen molar-refractivity contribution < 1.29 is 9.59 Å². The van der Waals surface area contributed by atoms with Gasteiger partial charge < -0.3 is 5.32 Å². The molecule has 0 radical (unpaired) electrons. The molecule has 2 aliphatic rings. The summed E-state index contributed by atoms with van der Waals surface area (Å²) < 4.78 is 0. The van der Waals surface area contributed by atoms with E-state index in [0.29, 0.717) is 17.3 Å². The maximum Gasteiger partial charge on any atom is 0.328 e. The first kappa shape index (κ1) is 12.5. The fraction of sp³-hybridized carbons (Fsp3) is 0.429. The zero-order valence-electron chi connectivity index (χ0n) is 10.5. The molecule has 1 saturated carbocycles. The number of rotatable bonds is 1. The van der Waals surface area contributed by atoms with Gasteiger partial charge >= 0.3 is 6.03 Å². The predicted octanol–water partition coefficient (Wildman–Crippen LogP) is 2.96. The minimum Gasteiger partial charge on any atom is -0.336 e. The van der Waals surface area contributed by atoms with Crippen LogP contribution in [-0.4, -0.2) is 18.5 Å². The average molecular weight is 279 g/mol. The van der Waals surface area contributed by atoms with Crippen molar-refractivity contribution in [2.75, 3.05) is 11.4 Å². The molecule has 1 spiro atoms. The van der Waals surface area contributed by atoms with Gasteiger partial charge in [0.25, 0.3) is 0 Å². The van der Waals surface area contributed by atoms with Crippen molar-refractivity contribution in [1.82, 2.24) is 5.32 Å². The summed E-state index contributed by atoms with van der Waals surface area (Å²) in [4.78, 5) is 26.0. The first-order chi connectivity index (χ1) is 9.14. The molecule has 1 aromatic carbocycles. The molecule has 1 saturated heterocycles. The Hall–Kier alpha value is -1.55. The SMILES string of the molecule is O=C1NCC2(CCCC2)C(=O)N1c1ccccc1Cl. The first-order valence-electron chi connectivity index (χ1n) is 6.51.